The van der Waals surface area contributed by atoms with E-state index >= 15 is 0 Å². The highest BCUT2D eigenvalue weighted by Gasteiger charge is 2.14. The first-order chi connectivity index (χ1) is 14.1. The number of hydrogen-bond donors (Lipinski definition) is 0. The number of thiazole rings is 1. The van der Waals surface area contributed by atoms with Gasteiger partial charge in [0.05, 0.1) is 39.7 Å². The number of nitriles is 1. The summed E-state index contributed by atoms with van der Waals surface area (Å²) in [6.07, 6.45) is 1.75. The van der Waals surface area contributed by atoms with Gasteiger partial charge >= 0.3 is 0 Å². The lowest BCUT2D eigenvalue weighted by atomic mass is 10.1. The first kappa shape index (κ1) is 20.2. The molecule has 0 atom stereocenters. The van der Waals surface area contributed by atoms with Crippen molar-refractivity contribution in [1.82, 2.24) is 4.98 Å². The van der Waals surface area contributed by atoms with Gasteiger partial charge in [-0.25, -0.2) is 4.98 Å². The molecular formula is C22H20N2O4S. The topological polar surface area (TPSA) is 73.6 Å². The Morgan fingerprint density at radius 1 is 1.00 bits per heavy atom. The zero-order valence-electron chi connectivity index (χ0n) is 16.6. The van der Waals surface area contributed by atoms with Crippen LogP contribution in [0.1, 0.15) is 10.6 Å². The van der Waals surface area contributed by atoms with Crippen molar-refractivity contribution >= 4 is 23.0 Å². The predicted molar refractivity (Wildman–Crippen MR) is 114 cm³/mol. The Kier molecular flexibility index (Phi) is 6.37. The van der Waals surface area contributed by atoms with Gasteiger partial charge in [-0.1, -0.05) is 12.1 Å². The lowest BCUT2D eigenvalue weighted by molar-refractivity contribution is 0.324. The van der Waals surface area contributed by atoms with E-state index in [0.29, 0.717) is 27.8 Å². The molecule has 0 fully saturated rings. The quantitative estimate of drug-likeness (QED) is 0.517. The second-order valence-electron chi connectivity index (χ2n) is 5.90. The van der Waals surface area contributed by atoms with Gasteiger partial charge in [0.25, 0.3) is 0 Å². The molecule has 6 nitrogen and oxygen atoms in total. The standard InChI is InChI=1S/C22H20N2O4S/c1-25-17-7-5-6-15(11-17)18-13-29-22(24-18)16(12-23)8-14-9-19(26-2)21(28-4)20(10-14)27-3/h5-11,13H,1-4H3/b16-8-. The van der Waals surface area contributed by atoms with Crippen molar-refractivity contribution in [3.8, 4) is 40.3 Å². The number of nitrogens with zero attached hydrogens (tertiary/aromatic N) is 2. The fourth-order valence-electron chi connectivity index (χ4n) is 2.81. The lowest BCUT2D eigenvalue weighted by Gasteiger charge is -2.13. The van der Waals surface area contributed by atoms with Crippen LogP contribution in [-0.4, -0.2) is 33.4 Å². The maximum absolute atomic E-state index is 9.70. The largest absolute Gasteiger partial charge is 0.497 e. The van der Waals surface area contributed by atoms with E-state index in [0.717, 1.165) is 22.6 Å². The Labute approximate surface area is 173 Å². The molecular weight excluding hydrogens is 388 g/mol. The summed E-state index contributed by atoms with van der Waals surface area (Å²) in [6, 6.07) is 13.5. The molecule has 0 bridgehead atoms. The second kappa shape index (κ2) is 9.13. The summed E-state index contributed by atoms with van der Waals surface area (Å²) in [5.41, 5.74) is 2.90. The minimum atomic E-state index is 0.443. The fourth-order valence-corrected chi connectivity index (χ4v) is 3.60. The molecule has 3 aromatic rings. The Morgan fingerprint density at radius 2 is 1.72 bits per heavy atom. The smallest absolute Gasteiger partial charge is 0.203 e. The number of allylic oxidation sites excluding steroid dienone is 1. The van der Waals surface area contributed by atoms with Crippen molar-refractivity contribution in [3.05, 3.63) is 52.3 Å². The third kappa shape index (κ3) is 4.33. The molecule has 0 aliphatic carbocycles. The summed E-state index contributed by atoms with van der Waals surface area (Å²) in [6.45, 7) is 0. The van der Waals surface area contributed by atoms with Crippen molar-refractivity contribution in [2.75, 3.05) is 28.4 Å². The molecule has 0 saturated heterocycles. The molecule has 0 aliphatic rings. The van der Waals surface area contributed by atoms with Gasteiger partial charge in [-0.05, 0) is 35.9 Å². The lowest BCUT2D eigenvalue weighted by Crippen LogP contribution is -1.95. The van der Waals surface area contributed by atoms with Crippen molar-refractivity contribution in [2.24, 2.45) is 0 Å². The number of hydrogen-bond acceptors (Lipinski definition) is 7. The van der Waals surface area contributed by atoms with Crippen molar-refractivity contribution in [2.45, 2.75) is 0 Å². The van der Waals surface area contributed by atoms with Crippen LogP contribution in [0.15, 0.2) is 41.8 Å². The average molecular weight is 408 g/mol. The minimum absolute atomic E-state index is 0.443. The highest BCUT2D eigenvalue weighted by molar-refractivity contribution is 7.11. The van der Waals surface area contributed by atoms with Gasteiger partial charge in [0.15, 0.2) is 11.5 Å². The zero-order valence-corrected chi connectivity index (χ0v) is 17.4. The summed E-state index contributed by atoms with van der Waals surface area (Å²) < 4.78 is 21.4. The number of benzene rings is 2. The van der Waals surface area contributed by atoms with Crippen LogP contribution in [0, 0.1) is 11.3 Å². The SMILES string of the molecule is COc1cccc(-c2csc(/C(C#N)=C\c3cc(OC)c(OC)c(OC)c3)n2)c1. The maximum Gasteiger partial charge on any atom is 0.203 e. The van der Waals surface area contributed by atoms with E-state index in [1.54, 1.807) is 46.6 Å². The maximum atomic E-state index is 9.70. The molecule has 7 heteroatoms. The van der Waals surface area contributed by atoms with Crippen molar-refractivity contribution in [3.63, 3.8) is 0 Å². The Bertz CT molecular complexity index is 1060. The Morgan fingerprint density at radius 3 is 2.31 bits per heavy atom. The summed E-state index contributed by atoms with van der Waals surface area (Å²) in [5, 5.41) is 12.2. The summed E-state index contributed by atoms with van der Waals surface area (Å²) in [7, 11) is 6.28. The molecule has 148 valence electrons. The van der Waals surface area contributed by atoms with Gasteiger partial charge in [0, 0.05) is 10.9 Å². The minimum Gasteiger partial charge on any atom is -0.497 e. The molecule has 0 aliphatic heterocycles. The second-order valence-corrected chi connectivity index (χ2v) is 6.76. The van der Waals surface area contributed by atoms with Gasteiger partial charge in [0.2, 0.25) is 5.75 Å². The van der Waals surface area contributed by atoms with Crippen LogP contribution < -0.4 is 18.9 Å². The number of aromatic nitrogens is 1. The van der Waals surface area contributed by atoms with Gasteiger partial charge in [-0.3, -0.25) is 0 Å². The third-order valence-corrected chi connectivity index (χ3v) is 5.09. The van der Waals surface area contributed by atoms with Crippen LogP contribution in [0.25, 0.3) is 22.9 Å². The van der Waals surface area contributed by atoms with Crippen LogP contribution in [0.5, 0.6) is 23.0 Å². The van der Waals surface area contributed by atoms with Gasteiger partial charge < -0.3 is 18.9 Å². The molecule has 1 aromatic heterocycles. The highest BCUT2D eigenvalue weighted by atomic mass is 32.1. The highest BCUT2D eigenvalue weighted by Crippen LogP contribution is 2.39. The summed E-state index contributed by atoms with van der Waals surface area (Å²) >= 11 is 1.41. The van der Waals surface area contributed by atoms with E-state index < -0.39 is 0 Å². The van der Waals surface area contributed by atoms with E-state index in [1.165, 1.54) is 11.3 Å². The van der Waals surface area contributed by atoms with E-state index in [9.17, 15) is 5.26 Å². The zero-order chi connectivity index (χ0) is 20.8. The van der Waals surface area contributed by atoms with Crippen LogP contribution in [0.2, 0.25) is 0 Å². The van der Waals surface area contributed by atoms with Gasteiger partial charge in [-0.15, -0.1) is 11.3 Å². The van der Waals surface area contributed by atoms with Crippen LogP contribution in [-0.2, 0) is 0 Å². The van der Waals surface area contributed by atoms with Crippen LogP contribution in [0.4, 0.5) is 0 Å². The van der Waals surface area contributed by atoms with Gasteiger partial charge in [0.1, 0.15) is 16.8 Å². The molecule has 0 N–H and O–H groups in total. The molecule has 3 rings (SSSR count). The van der Waals surface area contributed by atoms with Crippen LogP contribution >= 0.6 is 11.3 Å². The van der Waals surface area contributed by atoms with Crippen LogP contribution in [0.3, 0.4) is 0 Å². The molecule has 0 amide bonds. The van der Waals surface area contributed by atoms with E-state index in [2.05, 4.69) is 11.1 Å². The monoisotopic (exact) mass is 408 g/mol. The predicted octanol–water partition coefficient (Wildman–Crippen LogP) is 4.91. The third-order valence-electron chi connectivity index (χ3n) is 4.22. The van der Waals surface area contributed by atoms with Crippen molar-refractivity contribution in [1.29, 1.82) is 5.26 Å². The number of methoxy groups -OCH3 is 4. The molecule has 0 spiro atoms. The normalized spacial score (nSPS) is 10.9. The Balaban J connectivity index is 1.99. The first-order valence-electron chi connectivity index (χ1n) is 8.65. The van der Waals surface area contributed by atoms with E-state index in [1.807, 2.05) is 29.6 Å². The molecule has 0 unspecified atom stereocenters. The Hall–Kier alpha value is -3.50. The molecule has 0 radical (unpaired) electrons. The first-order valence-corrected chi connectivity index (χ1v) is 9.53. The molecule has 29 heavy (non-hydrogen) atoms. The van der Waals surface area contributed by atoms with Crippen molar-refractivity contribution < 1.29 is 18.9 Å². The van der Waals surface area contributed by atoms with E-state index in [4.69, 9.17) is 18.9 Å². The summed E-state index contributed by atoms with van der Waals surface area (Å²) in [4.78, 5) is 4.63. The number of ether oxygens (including phenoxy) is 4. The van der Waals surface area contributed by atoms with E-state index in [-0.39, 0.29) is 0 Å². The fraction of sp³-hybridized carbons (Fsp3) is 0.182. The summed E-state index contributed by atoms with van der Waals surface area (Å²) in [5.74, 6) is 2.30. The average Bonchev–Trinajstić information content (AvgIpc) is 3.26. The van der Waals surface area contributed by atoms with Gasteiger partial charge in [-0.2, -0.15) is 5.26 Å². The molecule has 2 aromatic carbocycles. The molecule has 0 saturated carbocycles. The number of rotatable bonds is 7. The molecule has 1 heterocycles.